The molecule has 1 N–H and O–H groups in total. The fourth-order valence-corrected chi connectivity index (χ4v) is 4.00. The van der Waals surface area contributed by atoms with Crippen molar-refractivity contribution in [2.45, 2.75) is 38.2 Å². The van der Waals surface area contributed by atoms with Gasteiger partial charge in [-0.1, -0.05) is 36.4 Å². The zero-order chi connectivity index (χ0) is 18.8. The molecule has 0 bridgehead atoms. The first-order chi connectivity index (χ1) is 13.1. The number of nitrogens with one attached hydrogen (secondary N) is 1. The van der Waals surface area contributed by atoms with Crippen molar-refractivity contribution in [1.29, 1.82) is 0 Å². The van der Waals surface area contributed by atoms with Gasteiger partial charge in [0.25, 0.3) is 5.91 Å². The summed E-state index contributed by atoms with van der Waals surface area (Å²) in [7, 11) is 0. The Labute approximate surface area is 159 Å². The molecule has 2 aliphatic rings. The summed E-state index contributed by atoms with van der Waals surface area (Å²) in [6.45, 7) is 3.59. The summed E-state index contributed by atoms with van der Waals surface area (Å²) in [6, 6.07) is 15.8. The molecule has 27 heavy (non-hydrogen) atoms. The number of ether oxygens (including phenoxy) is 1. The van der Waals surface area contributed by atoms with Crippen LogP contribution in [0.4, 0.5) is 5.69 Å². The first-order valence-electron chi connectivity index (χ1n) is 9.51. The lowest BCUT2D eigenvalue weighted by atomic mass is 9.87. The van der Waals surface area contributed by atoms with Crippen LogP contribution in [0, 0.1) is 6.92 Å². The molecule has 1 fully saturated rings. The molecular formula is C22H24N2O3. The highest BCUT2D eigenvalue weighted by Crippen LogP contribution is 2.32. The number of aryl methyl sites for hydroxylation is 1. The van der Waals surface area contributed by atoms with Crippen LogP contribution >= 0.6 is 0 Å². The van der Waals surface area contributed by atoms with Crippen LogP contribution in [0.15, 0.2) is 48.5 Å². The average molecular weight is 364 g/mol. The number of hydrogen-bond acceptors (Lipinski definition) is 3. The van der Waals surface area contributed by atoms with Crippen LogP contribution in [-0.2, 0) is 9.59 Å². The molecule has 1 atom stereocenters. The van der Waals surface area contributed by atoms with Crippen LogP contribution in [-0.4, -0.2) is 35.9 Å². The highest BCUT2D eigenvalue weighted by atomic mass is 16.5. The fourth-order valence-electron chi connectivity index (χ4n) is 4.00. The van der Waals surface area contributed by atoms with Crippen LogP contribution in [0.1, 0.15) is 36.3 Å². The zero-order valence-electron chi connectivity index (χ0n) is 15.5. The molecule has 2 heterocycles. The summed E-state index contributed by atoms with van der Waals surface area (Å²) < 4.78 is 5.75. The smallest absolute Gasteiger partial charge is 0.266 e. The molecule has 5 nitrogen and oxygen atoms in total. The Morgan fingerprint density at radius 1 is 1.11 bits per heavy atom. The topological polar surface area (TPSA) is 58.6 Å². The maximum atomic E-state index is 12.7. The van der Waals surface area contributed by atoms with Crippen molar-refractivity contribution in [1.82, 2.24) is 4.90 Å². The van der Waals surface area contributed by atoms with Gasteiger partial charge in [-0.15, -0.1) is 0 Å². The lowest BCUT2D eigenvalue weighted by Gasteiger charge is -2.34. The number of likely N-dealkylation sites (tertiary alicyclic amines) is 1. The van der Waals surface area contributed by atoms with E-state index in [0.717, 1.165) is 25.9 Å². The van der Waals surface area contributed by atoms with Gasteiger partial charge in [0, 0.05) is 13.1 Å². The van der Waals surface area contributed by atoms with Crippen LogP contribution in [0.5, 0.6) is 5.75 Å². The predicted octanol–water partition coefficient (Wildman–Crippen LogP) is 3.49. The molecule has 5 heteroatoms. The van der Waals surface area contributed by atoms with Gasteiger partial charge in [0.2, 0.25) is 5.91 Å². The molecule has 0 spiro atoms. The molecule has 2 aromatic rings. The third kappa shape index (κ3) is 3.68. The summed E-state index contributed by atoms with van der Waals surface area (Å²) in [4.78, 5) is 26.8. The lowest BCUT2D eigenvalue weighted by Crippen LogP contribution is -2.44. The van der Waals surface area contributed by atoms with Gasteiger partial charge in [0.05, 0.1) is 12.1 Å². The Bertz CT molecular complexity index is 856. The summed E-state index contributed by atoms with van der Waals surface area (Å²) in [5, 5.41) is 2.82. The normalized spacial score (nSPS) is 19.8. The number of anilines is 1. The quantitative estimate of drug-likeness (QED) is 0.907. The first kappa shape index (κ1) is 17.6. The summed E-state index contributed by atoms with van der Waals surface area (Å²) >= 11 is 0. The highest BCUT2D eigenvalue weighted by molar-refractivity contribution is 5.99. The van der Waals surface area contributed by atoms with E-state index in [1.54, 1.807) is 12.1 Å². The second kappa shape index (κ2) is 7.43. The van der Waals surface area contributed by atoms with Crippen molar-refractivity contribution >= 4 is 17.5 Å². The highest BCUT2D eigenvalue weighted by Gasteiger charge is 2.32. The van der Waals surface area contributed by atoms with Crippen LogP contribution in [0.25, 0.3) is 0 Å². The number of para-hydroxylation sites is 2. The van der Waals surface area contributed by atoms with Crippen molar-refractivity contribution < 1.29 is 14.3 Å². The molecule has 140 valence electrons. The minimum Gasteiger partial charge on any atom is -0.478 e. The van der Waals surface area contributed by atoms with Crippen molar-refractivity contribution in [2.75, 3.05) is 18.4 Å². The van der Waals surface area contributed by atoms with Crippen molar-refractivity contribution in [3.63, 3.8) is 0 Å². The van der Waals surface area contributed by atoms with E-state index in [4.69, 9.17) is 4.74 Å². The number of carbonyl (C=O) groups is 2. The van der Waals surface area contributed by atoms with Gasteiger partial charge >= 0.3 is 0 Å². The third-order valence-corrected chi connectivity index (χ3v) is 5.54. The first-order valence-corrected chi connectivity index (χ1v) is 9.51. The number of nitrogens with zero attached hydrogens (tertiary/aromatic N) is 1. The molecule has 0 aromatic heterocycles. The van der Waals surface area contributed by atoms with Gasteiger partial charge in [0.15, 0.2) is 6.10 Å². The Morgan fingerprint density at radius 2 is 1.81 bits per heavy atom. The molecule has 0 aliphatic carbocycles. The van der Waals surface area contributed by atoms with E-state index in [2.05, 4.69) is 36.5 Å². The monoisotopic (exact) mass is 364 g/mol. The SMILES string of the molecule is Cc1ccccc1C1CCN(C(=O)CC2Oc3ccccc3NC2=O)CC1. The van der Waals surface area contributed by atoms with Crippen LogP contribution in [0.2, 0.25) is 0 Å². The van der Waals surface area contributed by atoms with Gasteiger partial charge in [-0.05, 0) is 48.9 Å². The maximum absolute atomic E-state index is 12.7. The molecule has 2 aliphatic heterocycles. The predicted molar refractivity (Wildman–Crippen MR) is 104 cm³/mol. The van der Waals surface area contributed by atoms with Crippen molar-refractivity contribution in [3.8, 4) is 5.75 Å². The van der Waals surface area contributed by atoms with E-state index in [-0.39, 0.29) is 18.2 Å². The second-order valence-electron chi connectivity index (χ2n) is 7.31. The fraction of sp³-hybridized carbons (Fsp3) is 0.364. The average Bonchev–Trinajstić information content (AvgIpc) is 2.69. The van der Waals surface area contributed by atoms with E-state index >= 15 is 0 Å². The summed E-state index contributed by atoms with van der Waals surface area (Å²) in [6.07, 6.45) is 1.23. The number of amides is 2. The Hall–Kier alpha value is -2.82. The van der Waals surface area contributed by atoms with Gasteiger partial charge in [-0.25, -0.2) is 0 Å². The number of benzene rings is 2. The Morgan fingerprint density at radius 3 is 2.59 bits per heavy atom. The Balaban J connectivity index is 1.35. The van der Waals surface area contributed by atoms with Gasteiger partial charge < -0.3 is 15.0 Å². The minimum absolute atomic E-state index is 0.0160. The van der Waals surface area contributed by atoms with E-state index in [9.17, 15) is 9.59 Å². The standard InChI is InChI=1S/C22H24N2O3/c1-15-6-2-3-7-17(15)16-10-12-24(13-11-16)21(25)14-20-22(26)23-18-8-4-5-9-19(18)27-20/h2-9,16,20H,10-14H2,1H3,(H,23,26). The molecule has 2 aromatic carbocycles. The van der Waals surface area contributed by atoms with Gasteiger partial charge in [0.1, 0.15) is 5.75 Å². The number of rotatable bonds is 3. The van der Waals surface area contributed by atoms with Crippen LogP contribution in [0.3, 0.4) is 0 Å². The van der Waals surface area contributed by atoms with Crippen molar-refractivity contribution in [2.24, 2.45) is 0 Å². The largest absolute Gasteiger partial charge is 0.478 e. The molecular weight excluding hydrogens is 340 g/mol. The lowest BCUT2D eigenvalue weighted by molar-refractivity contribution is -0.137. The van der Waals surface area contributed by atoms with Crippen molar-refractivity contribution in [3.05, 3.63) is 59.7 Å². The van der Waals surface area contributed by atoms with E-state index in [1.165, 1.54) is 11.1 Å². The number of piperidine rings is 1. The number of fused-ring (bicyclic) bond motifs is 1. The van der Waals surface area contributed by atoms with Gasteiger partial charge in [-0.3, -0.25) is 9.59 Å². The molecule has 4 rings (SSSR count). The third-order valence-electron chi connectivity index (χ3n) is 5.54. The Kier molecular flexibility index (Phi) is 4.84. The second-order valence-corrected chi connectivity index (χ2v) is 7.31. The number of hydrogen-bond donors (Lipinski definition) is 1. The molecule has 0 radical (unpaired) electrons. The summed E-state index contributed by atoms with van der Waals surface area (Å²) in [5.74, 6) is 0.846. The van der Waals surface area contributed by atoms with E-state index in [0.29, 0.717) is 17.4 Å². The molecule has 1 unspecified atom stereocenters. The maximum Gasteiger partial charge on any atom is 0.266 e. The van der Waals surface area contributed by atoms with E-state index < -0.39 is 6.10 Å². The zero-order valence-corrected chi connectivity index (χ0v) is 15.5. The molecule has 2 amide bonds. The van der Waals surface area contributed by atoms with Crippen LogP contribution < -0.4 is 10.1 Å². The van der Waals surface area contributed by atoms with E-state index in [1.807, 2.05) is 17.0 Å². The molecule has 0 saturated carbocycles. The van der Waals surface area contributed by atoms with Gasteiger partial charge in [-0.2, -0.15) is 0 Å². The molecule has 1 saturated heterocycles. The summed E-state index contributed by atoms with van der Waals surface area (Å²) in [5.41, 5.74) is 3.36. The minimum atomic E-state index is -0.763. The number of carbonyl (C=O) groups excluding carboxylic acids is 2.